The predicted molar refractivity (Wildman–Crippen MR) is 128 cm³/mol. The second-order valence-electron chi connectivity index (χ2n) is 9.46. The van der Waals surface area contributed by atoms with Gasteiger partial charge < -0.3 is 14.6 Å². The Morgan fingerprint density at radius 3 is 2.52 bits per heavy atom. The fourth-order valence-corrected chi connectivity index (χ4v) is 5.32. The van der Waals surface area contributed by atoms with Gasteiger partial charge in [-0.3, -0.25) is 0 Å². The number of aliphatic imine (C=N–C) groups is 1. The molecule has 0 bridgehead atoms. The number of benzene rings is 3. The van der Waals surface area contributed by atoms with Crippen LogP contribution in [0.15, 0.2) is 83.9 Å². The Hall–Kier alpha value is -3.86. The van der Waals surface area contributed by atoms with Gasteiger partial charge in [-0.15, -0.1) is 0 Å². The van der Waals surface area contributed by atoms with Crippen molar-refractivity contribution in [3.63, 3.8) is 0 Å². The summed E-state index contributed by atoms with van der Waals surface area (Å²) in [5.74, 6) is 1.79. The zero-order chi connectivity index (χ0) is 22.8. The topological polar surface area (TPSA) is 63.9 Å². The Kier molecular flexibility index (Phi) is 4.09. The van der Waals surface area contributed by atoms with Crippen molar-refractivity contribution in [1.29, 1.82) is 0 Å². The number of para-hydroxylation sites is 1. The van der Waals surface area contributed by atoms with Crippen molar-refractivity contribution in [2.24, 2.45) is 4.99 Å². The molecule has 33 heavy (non-hydrogen) atoms. The lowest BCUT2D eigenvalue weighted by Gasteiger charge is -2.29. The van der Waals surface area contributed by atoms with Crippen LogP contribution < -0.4 is 4.74 Å². The van der Waals surface area contributed by atoms with Gasteiger partial charge in [-0.05, 0) is 48.4 Å². The minimum Gasteiger partial charge on any atom is -0.506 e. The largest absolute Gasteiger partial charge is 0.506 e. The van der Waals surface area contributed by atoms with E-state index in [1.54, 1.807) is 18.2 Å². The molecule has 1 aliphatic heterocycles. The Bertz CT molecular complexity index is 1440. The maximum atomic E-state index is 10.1. The van der Waals surface area contributed by atoms with Crippen LogP contribution in [0.3, 0.4) is 0 Å². The number of aromatic nitrogens is 1. The monoisotopic (exact) mass is 436 g/mol. The van der Waals surface area contributed by atoms with E-state index >= 15 is 0 Å². The Labute approximate surface area is 192 Å². The lowest BCUT2D eigenvalue weighted by atomic mass is 9.82. The fraction of sp³-hybridized carbons (Fsp3) is 0.214. The quantitative estimate of drug-likeness (QED) is 0.422. The standard InChI is InChI=1S/C28H24N2O3/c1-27(2)20-11-4-5-12-21(20)28(3)26(27)33-25(30-28)18-9-6-10-19(16-18)32-23-15-14-17-8-7-13-22(31)24(17)29-23/h4-16,26,31H,1-3H3/t26-,28+/m1/s1. The van der Waals surface area contributed by atoms with E-state index in [1.165, 1.54) is 11.1 Å². The zero-order valence-corrected chi connectivity index (χ0v) is 18.7. The van der Waals surface area contributed by atoms with Crippen LogP contribution in [0, 0.1) is 0 Å². The van der Waals surface area contributed by atoms with Gasteiger partial charge >= 0.3 is 0 Å². The number of hydrogen-bond donors (Lipinski definition) is 1. The normalized spacial score (nSPS) is 22.4. The van der Waals surface area contributed by atoms with Gasteiger partial charge in [0.05, 0.1) is 0 Å². The molecule has 1 aromatic heterocycles. The summed E-state index contributed by atoms with van der Waals surface area (Å²) in [6, 6.07) is 25.2. The summed E-state index contributed by atoms with van der Waals surface area (Å²) in [5, 5.41) is 11.0. The number of fused-ring (bicyclic) bond motifs is 4. The molecule has 3 aromatic carbocycles. The maximum Gasteiger partial charge on any atom is 0.219 e. The third-order valence-corrected chi connectivity index (χ3v) is 6.87. The van der Waals surface area contributed by atoms with Gasteiger partial charge in [-0.2, -0.15) is 0 Å². The van der Waals surface area contributed by atoms with E-state index in [0.29, 0.717) is 23.0 Å². The molecule has 0 spiro atoms. The maximum absolute atomic E-state index is 10.1. The van der Waals surface area contributed by atoms with Crippen LogP contribution in [-0.2, 0) is 15.7 Å². The smallest absolute Gasteiger partial charge is 0.219 e. The highest BCUT2D eigenvalue weighted by molar-refractivity contribution is 5.96. The van der Waals surface area contributed by atoms with Gasteiger partial charge in [0, 0.05) is 22.4 Å². The minimum absolute atomic E-state index is 0.0768. The summed E-state index contributed by atoms with van der Waals surface area (Å²) in [6.45, 7) is 6.60. The SMILES string of the molecule is CC1(C)c2ccccc2[C@]2(C)N=C(c3cccc(Oc4ccc5cccc(O)c5n4)c3)O[C@H]12. The molecule has 0 saturated carbocycles. The van der Waals surface area contributed by atoms with Gasteiger partial charge in [0.1, 0.15) is 28.7 Å². The van der Waals surface area contributed by atoms with Crippen molar-refractivity contribution in [3.05, 3.63) is 95.6 Å². The number of phenolic OH excluding ortho intramolecular Hbond substituents is 1. The molecule has 0 amide bonds. The van der Waals surface area contributed by atoms with E-state index in [2.05, 4.69) is 50.0 Å². The van der Waals surface area contributed by atoms with Gasteiger partial charge in [-0.1, -0.05) is 56.3 Å². The predicted octanol–water partition coefficient (Wildman–Crippen LogP) is 6.08. The zero-order valence-electron chi connectivity index (χ0n) is 18.7. The Balaban J connectivity index is 1.34. The van der Waals surface area contributed by atoms with Crippen LogP contribution in [0.4, 0.5) is 0 Å². The summed E-state index contributed by atoms with van der Waals surface area (Å²) in [5.41, 5.74) is 3.31. The minimum atomic E-state index is -0.427. The van der Waals surface area contributed by atoms with Crippen molar-refractivity contribution in [2.75, 3.05) is 0 Å². The lowest BCUT2D eigenvalue weighted by molar-refractivity contribution is 0.0962. The molecule has 0 radical (unpaired) electrons. The van der Waals surface area contributed by atoms with Crippen LogP contribution >= 0.6 is 0 Å². The molecule has 0 unspecified atom stereocenters. The molecule has 5 heteroatoms. The first-order valence-corrected chi connectivity index (χ1v) is 11.1. The third kappa shape index (κ3) is 2.92. The summed E-state index contributed by atoms with van der Waals surface area (Å²) in [7, 11) is 0. The Morgan fingerprint density at radius 2 is 1.67 bits per heavy atom. The molecular formula is C28H24N2O3. The first-order valence-electron chi connectivity index (χ1n) is 11.1. The number of ether oxygens (including phenoxy) is 2. The van der Waals surface area contributed by atoms with Crippen LogP contribution in [0.5, 0.6) is 17.4 Å². The molecule has 5 nitrogen and oxygen atoms in total. The molecule has 1 aliphatic carbocycles. The molecule has 6 rings (SSSR count). The molecule has 164 valence electrons. The van der Waals surface area contributed by atoms with E-state index in [4.69, 9.17) is 14.5 Å². The summed E-state index contributed by atoms with van der Waals surface area (Å²) < 4.78 is 12.5. The second kappa shape index (κ2) is 6.82. The van der Waals surface area contributed by atoms with Crippen molar-refractivity contribution in [2.45, 2.75) is 37.8 Å². The fourth-order valence-electron chi connectivity index (χ4n) is 5.32. The summed E-state index contributed by atoms with van der Waals surface area (Å²) in [4.78, 5) is 9.55. The second-order valence-corrected chi connectivity index (χ2v) is 9.46. The number of phenols is 1. The van der Waals surface area contributed by atoms with E-state index in [-0.39, 0.29) is 17.3 Å². The highest BCUT2D eigenvalue weighted by Crippen LogP contribution is 2.54. The highest BCUT2D eigenvalue weighted by Gasteiger charge is 2.59. The average molecular weight is 437 g/mol. The number of aromatic hydroxyl groups is 1. The molecule has 2 atom stereocenters. The Morgan fingerprint density at radius 1 is 0.879 bits per heavy atom. The molecule has 1 N–H and O–H groups in total. The van der Waals surface area contributed by atoms with Crippen LogP contribution in [0.1, 0.15) is 37.5 Å². The van der Waals surface area contributed by atoms with E-state index in [1.807, 2.05) is 36.4 Å². The number of rotatable bonds is 3. The number of hydrogen-bond acceptors (Lipinski definition) is 5. The average Bonchev–Trinajstić information content (AvgIpc) is 3.26. The summed E-state index contributed by atoms with van der Waals surface area (Å²) >= 11 is 0. The molecule has 2 aliphatic rings. The third-order valence-electron chi connectivity index (χ3n) is 6.87. The van der Waals surface area contributed by atoms with Crippen molar-refractivity contribution in [1.82, 2.24) is 4.98 Å². The van der Waals surface area contributed by atoms with E-state index < -0.39 is 5.54 Å². The van der Waals surface area contributed by atoms with E-state index in [0.717, 1.165) is 10.9 Å². The number of pyridine rings is 1. The van der Waals surface area contributed by atoms with Crippen LogP contribution in [0.2, 0.25) is 0 Å². The summed E-state index contributed by atoms with van der Waals surface area (Å²) in [6.07, 6.45) is -0.0768. The first-order chi connectivity index (χ1) is 15.9. The van der Waals surface area contributed by atoms with Crippen molar-refractivity contribution >= 4 is 16.8 Å². The molecular weight excluding hydrogens is 412 g/mol. The van der Waals surface area contributed by atoms with Crippen LogP contribution in [0.25, 0.3) is 10.9 Å². The van der Waals surface area contributed by atoms with Gasteiger partial charge in [0.15, 0.2) is 0 Å². The lowest BCUT2D eigenvalue weighted by Crippen LogP contribution is -2.38. The van der Waals surface area contributed by atoms with Crippen LogP contribution in [-0.4, -0.2) is 22.1 Å². The molecule has 4 aromatic rings. The molecule has 2 heterocycles. The van der Waals surface area contributed by atoms with Gasteiger partial charge in [0.2, 0.25) is 11.8 Å². The van der Waals surface area contributed by atoms with Gasteiger partial charge in [0.25, 0.3) is 0 Å². The van der Waals surface area contributed by atoms with Crippen molar-refractivity contribution < 1.29 is 14.6 Å². The van der Waals surface area contributed by atoms with Gasteiger partial charge in [-0.25, -0.2) is 9.98 Å². The van der Waals surface area contributed by atoms with Crippen molar-refractivity contribution in [3.8, 4) is 17.4 Å². The number of nitrogens with zero attached hydrogens (tertiary/aromatic N) is 2. The van der Waals surface area contributed by atoms with E-state index in [9.17, 15) is 5.11 Å². The molecule has 0 saturated heterocycles. The molecule has 0 fully saturated rings. The highest BCUT2D eigenvalue weighted by atomic mass is 16.5. The first kappa shape index (κ1) is 19.8.